The van der Waals surface area contributed by atoms with Crippen molar-refractivity contribution < 1.29 is 18.0 Å². The first-order chi connectivity index (χ1) is 15.6. The van der Waals surface area contributed by atoms with E-state index in [9.17, 15) is 18.0 Å². The summed E-state index contributed by atoms with van der Waals surface area (Å²) in [4.78, 5) is 13.3. The Balaban J connectivity index is 1.44. The summed E-state index contributed by atoms with van der Waals surface area (Å²) < 4.78 is 42.2. The minimum absolute atomic E-state index is 0.142. The zero-order valence-electron chi connectivity index (χ0n) is 17.7. The molecule has 0 bridgehead atoms. The number of carbonyl (C=O) groups excluding carboxylic acids is 1. The lowest BCUT2D eigenvalue weighted by atomic mass is 10.2. The molecule has 0 unspecified atom stereocenters. The highest BCUT2D eigenvalue weighted by Gasteiger charge is 2.33. The summed E-state index contributed by atoms with van der Waals surface area (Å²) >= 11 is 4.64. The van der Waals surface area contributed by atoms with Crippen LogP contribution in [0.5, 0.6) is 0 Å². The smallest absolute Gasteiger partial charge is 0.318 e. The van der Waals surface area contributed by atoms with Crippen LogP contribution < -0.4 is 5.32 Å². The van der Waals surface area contributed by atoms with Gasteiger partial charge in [-0.2, -0.15) is 23.4 Å². The van der Waals surface area contributed by atoms with Gasteiger partial charge in [-0.25, -0.2) is 0 Å². The number of halogens is 4. The Kier molecular flexibility index (Phi) is 6.44. The van der Waals surface area contributed by atoms with Gasteiger partial charge in [0.05, 0.1) is 35.0 Å². The number of anilines is 1. The van der Waals surface area contributed by atoms with E-state index >= 15 is 0 Å². The van der Waals surface area contributed by atoms with Crippen LogP contribution in [-0.4, -0.2) is 25.5 Å². The standard InChI is InChI=1S/C22H19BrF3N5OS/c1-13-20(14(2)31(28-13)11-15-3-5-17(23)6-4-15)27-21(32)18-9-16(12-33-18)10-30-8-7-19(29-30)22(24,25)26/h3-9,12H,10-11H2,1-2H3,(H,27,32). The molecule has 1 N–H and O–H groups in total. The van der Waals surface area contributed by atoms with E-state index in [2.05, 4.69) is 31.4 Å². The Morgan fingerprint density at radius 3 is 2.48 bits per heavy atom. The summed E-state index contributed by atoms with van der Waals surface area (Å²) in [5.74, 6) is -0.294. The van der Waals surface area contributed by atoms with Crippen molar-refractivity contribution in [3.63, 3.8) is 0 Å². The van der Waals surface area contributed by atoms with Crippen LogP contribution in [0.2, 0.25) is 0 Å². The van der Waals surface area contributed by atoms with Crippen LogP contribution in [0.1, 0.15) is 37.9 Å². The van der Waals surface area contributed by atoms with Crippen LogP contribution in [0.3, 0.4) is 0 Å². The summed E-state index contributed by atoms with van der Waals surface area (Å²) in [5.41, 5.74) is 3.01. The average molecular weight is 538 g/mol. The molecular formula is C22H19BrF3N5OS. The lowest BCUT2D eigenvalue weighted by molar-refractivity contribution is -0.141. The SMILES string of the molecule is Cc1nn(Cc2ccc(Br)cc2)c(C)c1NC(=O)c1cc(Cn2ccc(C(F)(F)F)n2)cs1. The number of hydrogen-bond acceptors (Lipinski definition) is 4. The fraction of sp³-hybridized carbons (Fsp3) is 0.227. The van der Waals surface area contributed by atoms with Gasteiger partial charge in [-0.05, 0) is 54.6 Å². The molecule has 33 heavy (non-hydrogen) atoms. The number of thiophene rings is 1. The van der Waals surface area contributed by atoms with Crippen LogP contribution in [-0.2, 0) is 19.3 Å². The van der Waals surface area contributed by atoms with Crippen LogP contribution in [0.4, 0.5) is 18.9 Å². The Morgan fingerprint density at radius 2 is 1.82 bits per heavy atom. The van der Waals surface area contributed by atoms with E-state index in [-0.39, 0.29) is 12.5 Å². The van der Waals surface area contributed by atoms with E-state index < -0.39 is 11.9 Å². The molecule has 3 aromatic heterocycles. The number of aromatic nitrogens is 4. The molecular weight excluding hydrogens is 519 g/mol. The number of nitrogens with one attached hydrogen (secondary N) is 1. The topological polar surface area (TPSA) is 64.7 Å². The van der Waals surface area contributed by atoms with Gasteiger partial charge in [0.25, 0.3) is 5.91 Å². The predicted octanol–water partition coefficient (Wildman–Crippen LogP) is 5.89. The fourth-order valence-corrected chi connectivity index (χ4v) is 4.40. The van der Waals surface area contributed by atoms with Gasteiger partial charge in [0, 0.05) is 10.7 Å². The number of nitrogens with zero attached hydrogens (tertiary/aromatic N) is 4. The quantitative estimate of drug-likeness (QED) is 0.333. The molecule has 0 saturated carbocycles. The average Bonchev–Trinajstić information content (AvgIpc) is 3.47. The van der Waals surface area contributed by atoms with Crippen LogP contribution >= 0.6 is 27.3 Å². The number of benzene rings is 1. The van der Waals surface area contributed by atoms with Crippen molar-refractivity contribution in [2.45, 2.75) is 33.1 Å². The van der Waals surface area contributed by atoms with Gasteiger partial charge in [0.2, 0.25) is 0 Å². The molecule has 172 valence electrons. The van der Waals surface area contributed by atoms with Crippen molar-refractivity contribution >= 4 is 38.9 Å². The maximum atomic E-state index is 12.8. The molecule has 4 rings (SSSR count). The Labute approximate surface area is 200 Å². The normalized spacial score (nSPS) is 11.7. The molecule has 11 heteroatoms. The second kappa shape index (κ2) is 9.14. The molecule has 0 saturated heterocycles. The molecule has 0 fully saturated rings. The maximum absolute atomic E-state index is 12.8. The molecule has 0 radical (unpaired) electrons. The number of amides is 1. The maximum Gasteiger partial charge on any atom is 0.435 e. The second-order valence-corrected chi connectivity index (χ2v) is 9.33. The van der Waals surface area contributed by atoms with E-state index in [1.807, 2.05) is 42.8 Å². The number of carbonyl (C=O) groups is 1. The molecule has 0 spiro atoms. The van der Waals surface area contributed by atoms with E-state index in [4.69, 9.17) is 0 Å². The molecule has 0 aliphatic carbocycles. The third-order valence-electron chi connectivity index (χ3n) is 5.02. The largest absolute Gasteiger partial charge is 0.435 e. The Morgan fingerprint density at radius 1 is 1.09 bits per heavy atom. The van der Waals surface area contributed by atoms with E-state index in [1.165, 1.54) is 22.2 Å². The highest BCUT2D eigenvalue weighted by atomic mass is 79.9. The van der Waals surface area contributed by atoms with Gasteiger partial charge in [0.1, 0.15) is 0 Å². The first-order valence-electron chi connectivity index (χ1n) is 9.88. The molecule has 0 atom stereocenters. The van der Waals surface area contributed by atoms with Crippen LogP contribution in [0.25, 0.3) is 0 Å². The zero-order valence-corrected chi connectivity index (χ0v) is 20.1. The molecule has 0 aliphatic heterocycles. The van der Waals surface area contributed by atoms with Crippen LogP contribution in [0.15, 0.2) is 52.4 Å². The fourth-order valence-electron chi connectivity index (χ4n) is 3.34. The predicted molar refractivity (Wildman–Crippen MR) is 124 cm³/mol. The summed E-state index contributed by atoms with van der Waals surface area (Å²) in [7, 11) is 0. The van der Waals surface area contributed by atoms with Gasteiger partial charge < -0.3 is 5.32 Å². The van der Waals surface area contributed by atoms with Crippen molar-refractivity contribution in [3.05, 3.63) is 85.5 Å². The minimum Gasteiger partial charge on any atom is -0.318 e. The van der Waals surface area contributed by atoms with Crippen molar-refractivity contribution in [2.75, 3.05) is 5.32 Å². The van der Waals surface area contributed by atoms with E-state index in [0.717, 1.165) is 21.8 Å². The molecule has 6 nitrogen and oxygen atoms in total. The highest BCUT2D eigenvalue weighted by Crippen LogP contribution is 2.28. The van der Waals surface area contributed by atoms with Crippen molar-refractivity contribution in [3.8, 4) is 0 Å². The second-order valence-electron chi connectivity index (χ2n) is 7.50. The first kappa shape index (κ1) is 23.2. The first-order valence-corrected chi connectivity index (χ1v) is 11.6. The Hall–Kier alpha value is -2.92. The van der Waals surface area contributed by atoms with Gasteiger partial charge in [-0.3, -0.25) is 14.2 Å². The monoisotopic (exact) mass is 537 g/mol. The summed E-state index contributed by atoms with van der Waals surface area (Å²) in [6.07, 6.45) is -3.21. The number of alkyl halides is 3. The molecule has 0 aliphatic rings. The van der Waals surface area contributed by atoms with Crippen LogP contribution in [0, 0.1) is 13.8 Å². The van der Waals surface area contributed by atoms with Gasteiger partial charge in [-0.15, -0.1) is 11.3 Å². The number of hydrogen-bond donors (Lipinski definition) is 1. The van der Waals surface area contributed by atoms with Crippen molar-refractivity contribution in [1.29, 1.82) is 0 Å². The van der Waals surface area contributed by atoms with Gasteiger partial charge in [0.15, 0.2) is 5.69 Å². The van der Waals surface area contributed by atoms with Crippen molar-refractivity contribution in [1.82, 2.24) is 19.6 Å². The van der Waals surface area contributed by atoms with Gasteiger partial charge in [-0.1, -0.05) is 28.1 Å². The third-order valence-corrected chi connectivity index (χ3v) is 6.53. The minimum atomic E-state index is -4.48. The molecule has 1 aromatic carbocycles. The van der Waals surface area contributed by atoms with E-state index in [1.54, 1.807) is 11.4 Å². The highest BCUT2D eigenvalue weighted by molar-refractivity contribution is 9.10. The van der Waals surface area contributed by atoms with E-state index in [0.29, 0.717) is 28.4 Å². The summed E-state index contributed by atoms with van der Waals surface area (Å²) in [5, 5.41) is 12.8. The third kappa shape index (κ3) is 5.36. The summed E-state index contributed by atoms with van der Waals surface area (Å²) in [6.45, 7) is 4.44. The number of rotatable bonds is 6. The van der Waals surface area contributed by atoms with Gasteiger partial charge >= 0.3 is 6.18 Å². The Bertz CT molecular complexity index is 1290. The van der Waals surface area contributed by atoms with Crippen molar-refractivity contribution in [2.24, 2.45) is 0 Å². The molecule has 4 aromatic rings. The lowest BCUT2D eigenvalue weighted by Gasteiger charge is -2.07. The lowest BCUT2D eigenvalue weighted by Crippen LogP contribution is -2.12. The molecule has 3 heterocycles. The number of aryl methyl sites for hydroxylation is 1. The molecule has 1 amide bonds. The summed E-state index contributed by atoms with van der Waals surface area (Å²) in [6, 6.07) is 10.5. The zero-order chi connectivity index (χ0) is 23.8.